The van der Waals surface area contributed by atoms with Gasteiger partial charge in [0.15, 0.2) is 0 Å². The number of halogens is 1. The normalized spacial score (nSPS) is 11.9. The predicted octanol–water partition coefficient (Wildman–Crippen LogP) is 6.77. The number of rotatable bonds is 7. The van der Waals surface area contributed by atoms with E-state index in [1.807, 2.05) is 60.7 Å². The maximum atomic E-state index is 15.0. The Hall–Kier alpha value is -3.50. The molecule has 0 bridgehead atoms. The fourth-order valence-electron chi connectivity index (χ4n) is 3.29. The summed E-state index contributed by atoms with van der Waals surface area (Å²) in [5.74, 6) is -0.578. The van der Waals surface area contributed by atoms with Crippen molar-refractivity contribution in [3.8, 4) is 22.3 Å². The van der Waals surface area contributed by atoms with Gasteiger partial charge in [0.25, 0.3) is 0 Å². The Morgan fingerprint density at radius 2 is 1.58 bits per heavy atom. The highest BCUT2D eigenvalue weighted by Crippen LogP contribution is 2.30. The van der Waals surface area contributed by atoms with Crippen LogP contribution in [-0.2, 0) is 9.53 Å². The molecular weight excluding hydrogens is 415 g/mol. The smallest absolute Gasteiger partial charge is 0.311 e. The number of aliphatic hydroxyl groups is 1. The molecule has 3 nitrogen and oxygen atoms in total. The molecule has 0 aromatic heterocycles. The van der Waals surface area contributed by atoms with Crippen LogP contribution in [0.25, 0.3) is 34.4 Å². The van der Waals surface area contributed by atoms with E-state index in [1.165, 1.54) is 0 Å². The van der Waals surface area contributed by atoms with Crippen LogP contribution in [0, 0.1) is 11.2 Å². The molecule has 0 aliphatic heterocycles. The molecule has 3 aromatic carbocycles. The van der Waals surface area contributed by atoms with Gasteiger partial charge in [-0.2, -0.15) is 0 Å². The van der Waals surface area contributed by atoms with Crippen LogP contribution in [0.5, 0.6) is 0 Å². The molecule has 0 heterocycles. The highest BCUT2D eigenvalue weighted by molar-refractivity contribution is 5.77. The summed E-state index contributed by atoms with van der Waals surface area (Å²) in [6, 6.07) is 20.6. The highest BCUT2D eigenvalue weighted by Gasteiger charge is 2.22. The second kappa shape index (κ2) is 10.9. The standard InChI is InChI=1S/C29H29FO3/c1-29(2,3)28(32)33-18-8-12-23-19-25(14-13-22(23)11-7-17-31)26-16-15-24(20-27(26)30)21-9-5-4-6-10-21/h4-16,19-20,31H,17-18H2,1-3H3/b11-7+,12-8+. The molecule has 0 aliphatic rings. The molecule has 0 saturated carbocycles. The molecule has 0 atom stereocenters. The number of hydrogen-bond acceptors (Lipinski definition) is 3. The Balaban J connectivity index is 1.88. The fourth-order valence-corrected chi connectivity index (χ4v) is 3.29. The van der Waals surface area contributed by atoms with Gasteiger partial charge < -0.3 is 9.84 Å². The maximum Gasteiger partial charge on any atom is 0.311 e. The van der Waals surface area contributed by atoms with Crippen LogP contribution in [0.2, 0.25) is 0 Å². The minimum Gasteiger partial charge on any atom is -0.461 e. The molecule has 0 radical (unpaired) electrons. The third-order valence-electron chi connectivity index (χ3n) is 5.10. The number of benzene rings is 3. The summed E-state index contributed by atoms with van der Waals surface area (Å²) in [5, 5.41) is 9.15. The number of hydrogen-bond donors (Lipinski definition) is 1. The summed E-state index contributed by atoms with van der Waals surface area (Å²) in [4.78, 5) is 12.0. The molecule has 3 aromatic rings. The van der Waals surface area contributed by atoms with Crippen molar-refractivity contribution in [2.75, 3.05) is 13.2 Å². The first-order chi connectivity index (χ1) is 15.8. The van der Waals surface area contributed by atoms with E-state index < -0.39 is 5.41 Å². The molecule has 0 spiro atoms. The van der Waals surface area contributed by atoms with Gasteiger partial charge in [0.05, 0.1) is 12.0 Å². The molecule has 0 fully saturated rings. The van der Waals surface area contributed by atoms with Crippen LogP contribution in [-0.4, -0.2) is 24.3 Å². The van der Waals surface area contributed by atoms with Gasteiger partial charge in [-0.15, -0.1) is 0 Å². The van der Waals surface area contributed by atoms with Crippen molar-refractivity contribution < 1.29 is 19.0 Å². The Labute approximate surface area is 194 Å². The van der Waals surface area contributed by atoms with Gasteiger partial charge in [-0.1, -0.05) is 72.8 Å². The van der Waals surface area contributed by atoms with Gasteiger partial charge >= 0.3 is 5.97 Å². The first kappa shape index (κ1) is 24.1. The second-order valence-electron chi connectivity index (χ2n) is 8.74. The summed E-state index contributed by atoms with van der Waals surface area (Å²) >= 11 is 0. The van der Waals surface area contributed by atoms with E-state index in [0.717, 1.165) is 27.8 Å². The Kier molecular flexibility index (Phi) is 7.96. The summed E-state index contributed by atoms with van der Waals surface area (Å²) in [6.45, 7) is 5.47. The first-order valence-corrected chi connectivity index (χ1v) is 10.9. The van der Waals surface area contributed by atoms with Gasteiger partial charge in [0.2, 0.25) is 0 Å². The van der Waals surface area contributed by atoms with E-state index in [2.05, 4.69) is 0 Å². The Morgan fingerprint density at radius 3 is 2.24 bits per heavy atom. The van der Waals surface area contributed by atoms with Crippen LogP contribution in [0.4, 0.5) is 4.39 Å². The lowest BCUT2D eigenvalue weighted by atomic mass is 9.96. The van der Waals surface area contributed by atoms with E-state index in [0.29, 0.717) is 5.56 Å². The zero-order chi connectivity index (χ0) is 23.8. The Morgan fingerprint density at radius 1 is 0.879 bits per heavy atom. The van der Waals surface area contributed by atoms with Crippen LogP contribution in [0.1, 0.15) is 31.9 Å². The monoisotopic (exact) mass is 444 g/mol. The van der Waals surface area contributed by atoms with Crippen LogP contribution in [0.3, 0.4) is 0 Å². The lowest BCUT2D eigenvalue weighted by Gasteiger charge is -2.15. The zero-order valence-electron chi connectivity index (χ0n) is 19.2. The number of aliphatic hydroxyl groups excluding tert-OH is 1. The van der Waals surface area contributed by atoms with Crippen molar-refractivity contribution >= 4 is 18.1 Å². The van der Waals surface area contributed by atoms with Gasteiger partial charge in [0, 0.05) is 5.56 Å². The van der Waals surface area contributed by atoms with Crippen LogP contribution < -0.4 is 0 Å². The van der Waals surface area contributed by atoms with E-state index in [-0.39, 0.29) is 25.0 Å². The lowest BCUT2D eigenvalue weighted by Crippen LogP contribution is -2.22. The summed E-state index contributed by atoms with van der Waals surface area (Å²) in [6.07, 6.45) is 7.04. The van der Waals surface area contributed by atoms with Crippen molar-refractivity contribution in [2.24, 2.45) is 5.41 Å². The summed E-state index contributed by atoms with van der Waals surface area (Å²) in [5.41, 5.74) is 4.15. The Bertz CT molecular complexity index is 1160. The van der Waals surface area contributed by atoms with Gasteiger partial charge in [-0.25, -0.2) is 4.39 Å². The average molecular weight is 445 g/mol. The van der Waals surface area contributed by atoms with Crippen molar-refractivity contribution in [3.05, 3.63) is 95.8 Å². The van der Waals surface area contributed by atoms with Crippen molar-refractivity contribution in [2.45, 2.75) is 20.8 Å². The number of carbonyl (C=O) groups excluding carboxylic acids is 1. The summed E-state index contributed by atoms with van der Waals surface area (Å²) in [7, 11) is 0. The molecule has 170 valence electrons. The molecule has 33 heavy (non-hydrogen) atoms. The van der Waals surface area contributed by atoms with E-state index in [9.17, 15) is 4.79 Å². The molecule has 0 saturated heterocycles. The third-order valence-corrected chi connectivity index (χ3v) is 5.10. The molecule has 0 amide bonds. The zero-order valence-corrected chi connectivity index (χ0v) is 19.2. The van der Waals surface area contributed by atoms with Crippen molar-refractivity contribution in [1.29, 1.82) is 0 Å². The minimum absolute atomic E-state index is 0.0797. The molecule has 0 unspecified atom stereocenters. The topological polar surface area (TPSA) is 46.5 Å². The van der Waals surface area contributed by atoms with Gasteiger partial charge in [-0.05, 0) is 66.8 Å². The molecule has 0 aliphatic carbocycles. The second-order valence-corrected chi connectivity index (χ2v) is 8.74. The molecule has 3 rings (SSSR count). The van der Waals surface area contributed by atoms with Crippen molar-refractivity contribution in [1.82, 2.24) is 0 Å². The number of esters is 1. The SMILES string of the molecule is CC(C)(C)C(=O)OC/C=C/c1cc(-c2ccc(-c3ccccc3)cc2F)ccc1/C=C/CO. The van der Waals surface area contributed by atoms with E-state index in [4.69, 9.17) is 9.84 Å². The van der Waals surface area contributed by atoms with Gasteiger partial charge in [-0.3, -0.25) is 4.79 Å². The third kappa shape index (κ3) is 6.50. The highest BCUT2D eigenvalue weighted by atomic mass is 19.1. The number of carbonyl (C=O) groups is 1. The average Bonchev–Trinajstić information content (AvgIpc) is 2.80. The molecule has 4 heteroatoms. The van der Waals surface area contributed by atoms with E-state index >= 15 is 4.39 Å². The molecular formula is C29H29FO3. The summed E-state index contributed by atoms with van der Waals surface area (Å²) < 4.78 is 20.3. The van der Waals surface area contributed by atoms with Gasteiger partial charge in [0.1, 0.15) is 12.4 Å². The number of ether oxygens (including phenoxy) is 1. The minimum atomic E-state index is -0.563. The largest absolute Gasteiger partial charge is 0.461 e. The lowest BCUT2D eigenvalue weighted by molar-refractivity contribution is -0.151. The van der Waals surface area contributed by atoms with E-state index in [1.54, 1.807) is 51.1 Å². The van der Waals surface area contributed by atoms with Crippen molar-refractivity contribution in [3.63, 3.8) is 0 Å². The fraction of sp³-hybridized carbons (Fsp3) is 0.207. The quantitative estimate of drug-likeness (QED) is 0.409. The van der Waals surface area contributed by atoms with Crippen LogP contribution in [0.15, 0.2) is 78.9 Å². The van der Waals surface area contributed by atoms with Crippen LogP contribution >= 0.6 is 0 Å². The predicted molar refractivity (Wildman–Crippen MR) is 133 cm³/mol. The first-order valence-electron chi connectivity index (χ1n) is 10.9. The maximum absolute atomic E-state index is 15.0. The molecule has 1 N–H and O–H groups in total.